The predicted molar refractivity (Wildman–Crippen MR) is 105 cm³/mol. The lowest BCUT2D eigenvalue weighted by atomic mass is 9.68. The monoisotopic (exact) mass is 443 g/mol. The second-order valence-electron chi connectivity index (χ2n) is 8.84. The number of carbonyl (C=O) groups excluding carboxylic acids is 2. The van der Waals surface area contributed by atoms with Crippen LogP contribution in [0.1, 0.15) is 53.9 Å². The van der Waals surface area contributed by atoms with Crippen LogP contribution in [0.5, 0.6) is 0 Å². The first-order valence-corrected chi connectivity index (χ1v) is 10.4. The maximum atomic E-state index is 13.3. The van der Waals surface area contributed by atoms with Crippen molar-refractivity contribution in [3.05, 3.63) is 0 Å². The van der Waals surface area contributed by atoms with Gasteiger partial charge in [-0.25, -0.2) is 4.79 Å². The van der Waals surface area contributed by atoms with E-state index in [0.29, 0.717) is 6.42 Å². The average Bonchev–Trinajstić information content (AvgIpc) is 3.05. The fraction of sp³-hybridized carbons (Fsp3) is 0.800. The van der Waals surface area contributed by atoms with Crippen molar-refractivity contribution < 1.29 is 24.2 Å². The van der Waals surface area contributed by atoms with Gasteiger partial charge in [-0.2, -0.15) is 0 Å². The second kappa shape index (κ2) is 7.38. The van der Waals surface area contributed by atoms with Crippen LogP contribution in [0.15, 0.2) is 0 Å². The fourth-order valence-corrected chi connectivity index (χ4v) is 4.34. The van der Waals surface area contributed by atoms with Crippen LogP contribution < -0.4 is 0 Å². The predicted octanol–water partition coefficient (Wildman–Crippen LogP) is 2.47. The number of amides is 1. The van der Waals surface area contributed by atoms with Crippen LogP contribution in [0, 0.1) is 22.7 Å². The number of aliphatic hydroxyl groups is 1. The molecule has 0 aromatic carbocycles. The quantitative estimate of drug-likeness (QED) is 0.312. The first-order chi connectivity index (χ1) is 12.4. The molecular formula is C20H30BrNO5. The van der Waals surface area contributed by atoms with Crippen LogP contribution in [0.25, 0.3) is 0 Å². The van der Waals surface area contributed by atoms with Crippen molar-refractivity contribution in [1.29, 1.82) is 0 Å². The summed E-state index contributed by atoms with van der Waals surface area (Å²) < 4.78 is 10.9. The van der Waals surface area contributed by atoms with Gasteiger partial charge in [-0.3, -0.25) is 9.69 Å². The normalized spacial score (nSPS) is 32.1. The highest BCUT2D eigenvalue weighted by Gasteiger charge is 2.80. The molecule has 0 radical (unpaired) electrons. The number of rotatable bonds is 4. The van der Waals surface area contributed by atoms with Crippen molar-refractivity contribution in [3.8, 4) is 11.8 Å². The maximum Gasteiger partial charge on any atom is 0.338 e. The van der Waals surface area contributed by atoms with Gasteiger partial charge >= 0.3 is 5.97 Å². The van der Waals surface area contributed by atoms with E-state index in [1.165, 1.54) is 12.0 Å². The molecule has 27 heavy (non-hydrogen) atoms. The number of alkyl halides is 1. The van der Waals surface area contributed by atoms with Gasteiger partial charge in [0.25, 0.3) is 0 Å². The molecule has 0 spiro atoms. The molecule has 1 amide bonds. The topological polar surface area (TPSA) is 76.1 Å². The lowest BCUT2D eigenvalue weighted by molar-refractivity contribution is -0.165. The van der Waals surface area contributed by atoms with Gasteiger partial charge in [0.05, 0.1) is 19.1 Å². The van der Waals surface area contributed by atoms with Crippen molar-refractivity contribution in [3.63, 3.8) is 0 Å². The van der Waals surface area contributed by atoms with Crippen LogP contribution in [0.2, 0.25) is 0 Å². The minimum absolute atomic E-state index is 0.149. The SMILES string of the molecule is COC(=O)[C@]12CO[C@H](C(C)(C)C)N1C(=O)C(C)(C)[C@@]2(O)C#CCCCCBr. The molecule has 2 fully saturated rings. The number of carbonyl (C=O) groups is 2. The first kappa shape index (κ1) is 22.2. The third-order valence-electron chi connectivity index (χ3n) is 5.57. The molecule has 0 aromatic heterocycles. The molecule has 2 aliphatic heterocycles. The highest BCUT2D eigenvalue weighted by atomic mass is 79.9. The molecule has 6 nitrogen and oxygen atoms in total. The molecule has 0 saturated carbocycles. The molecule has 2 heterocycles. The summed E-state index contributed by atoms with van der Waals surface area (Å²) in [4.78, 5) is 27.7. The fourth-order valence-electron chi connectivity index (χ4n) is 3.94. The number of methoxy groups -OCH3 is 1. The number of esters is 1. The molecule has 2 aliphatic rings. The zero-order chi connectivity index (χ0) is 20.7. The largest absolute Gasteiger partial charge is 0.467 e. The third kappa shape index (κ3) is 3.10. The van der Waals surface area contributed by atoms with Gasteiger partial charge in [0.1, 0.15) is 6.23 Å². The number of halogens is 1. The van der Waals surface area contributed by atoms with Gasteiger partial charge in [0.15, 0.2) is 5.60 Å². The molecule has 0 bridgehead atoms. The van der Waals surface area contributed by atoms with Gasteiger partial charge in [0, 0.05) is 17.2 Å². The third-order valence-corrected chi connectivity index (χ3v) is 6.13. The van der Waals surface area contributed by atoms with Crippen LogP contribution in [0.4, 0.5) is 0 Å². The second-order valence-corrected chi connectivity index (χ2v) is 9.63. The Bertz CT molecular complexity index is 674. The van der Waals surface area contributed by atoms with Crippen molar-refractivity contribution in [2.24, 2.45) is 10.8 Å². The maximum absolute atomic E-state index is 13.3. The minimum Gasteiger partial charge on any atom is -0.467 e. The van der Waals surface area contributed by atoms with Crippen molar-refractivity contribution >= 4 is 27.8 Å². The molecule has 0 aromatic rings. The number of hydrogen-bond acceptors (Lipinski definition) is 5. The van der Waals surface area contributed by atoms with Crippen molar-refractivity contribution in [2.45, 2.75) is 71.2 Å². The molecule has 7 heteroatoms. The Morgan fingerprint density at radius 2 is 2.04 bits per heavy atom. The zero-order valence-electron chi connectivity index (χ0n) is 17.0. The first-order valence-electron chi connectivity index (χ1n) is 9.24. The summed E-state index contributed by atoms with van der Waals surface area (Å²) in [5.74, 6) is 4.81. The van der Waals surface area contributed by atoms with Gasteiger partial charge in [0.2, 0.25) is 11.4 Å². The Labute approximate surface area is 170 Å². The highest BCUT2D eigenvalue weighted by Crippen LogP contribution is 2.56. The number of ether oxygens (including phenoxy) is 2. The summed E-state index contributed by atoms with van der Waals surface area (Å²) >= 11 is 3.38. The van der Waals surface area contributed by atoms with E-state index >= 15 is 0 Å². The zero-order valence-corrected chi connectivity index (χ0v) is 18.6. The van der Waals surface area contributed by atoms with E-state index in [4.69, 9.17) is 9.47 Å². The summed E-state index contributed by atoms with van der Waals surface area (Å²) in [5, 5.41) is 12.6. The molecule has 1 N–H and O–H groups in total. The van der Waals surface area contributed by atoms with Crippen molar-refractivity contribution in [1.82, 2.24) is 4.90 Å². The van der Waals surface area contributed by atoms with Crippen LogP contribution in [-0.4, -0.2) is 58.3 Å². The molecule has 3 atom stereocenters. The summed E-state index contributed by atoms with van der Waals surface area (Å²) in [6.45, 7) is 8.89. The molecule has 0 unspecified atom stereocenters. The van der Waals surface area contributed by atoms with E-state index in [1.807, 2.05) is 20.8 Å². The Balaban J connectivity index is 2.60. The van der Waals surface area contributed by atoms with Gasteiger partial charge in [-0.1, -0.05) is 42.6 Å². The van der Waals surface area contributed by atoms with Crippen molar-refractivity contribution in [2.75, 3.05) is 19.0 Å². The number of nitrogens with zero attached hydrogens (tertiary/aromatic N) is 1. The van der Waals surface area contributed by atoms with E-state index < -0.39 is 34.2 Å². The Kier molecular flexibility index (Phi) is 6.07. The molecule has 2 saturated heterocycles. The standard InChI is InChI=1S/C20H30BrNO5/c1-17(2,3)15-22-14(23)18(4,5)20(25,11-9-7-8-10-12-21)19(22,13-27-15)16(24)26-6/h15,25H,7-8,10,12-13H2,1-6H3/t15-,19+,20+/m1/s1. The number of fused-ring (bicyclic) bond motifs is 1. The summed E-state index contributed by atoms with van der Waals surface area (Å²) in [6, 6.07) is 0. The Morgan fingerprint density at radius 1 is 1.41 bits per heavy atom. The van der Waals surface area contributed by atoms with Crippen LogP contribution >= 0.6 is 15.9 Å². The summed E-state index contributed by atoms with van der Waals surface area (Å²) in [5.41, 5.74) is -5.33. The van der Waals surface area contributed by atoms with Crippen LogP contribution in [0.3, 0.4) is 0 Å². The Hall–Kier alpha value is -1.10. The minimum atomic E-state index is -1.92. The van der Waals surface area contributed by atoms with Crippen LogP contribution in [-0.2, 0) is 19.1 Å². The van der Waals surface area contributed by atoms with Gasteiger partial charge < -0.3 is 14.6 Å². The summed E-state index contributed by atoms with van der Waals surface area (Å²) in [7, 11) is 1.25. The smallest absolute Gasteiger partial charge is 0.338 e. The molecule has 0 aliphatic carbocycles. The van der Waals surface area contributed by atoms with E-state index in [1.54, 1.807) is 13.8 Å². The molecule has 152 valence electrons. The van der Waals surface area contributed by atoms with E-state index in [-0.39, 0.29) is 12.5 Å². The Morgan fingerprint density at radius 3 is 2.56 bits per heavy atom. The lowest BCUT2D eigenvalue weighted by Crippen LogP contribution is -2.66. The van der Waals surface area contributed by atoms with Gasteiger partial charge in [-0.05, 0) is 26.7 Å². The lowest BCUT2D eigenvalue weighted by Gasteiger charge is -2.40. The number of hydrogen-bond donors (Lipinski definition) is 1. The molecule has 2 rings (SSSR count). The van der Waals surface area contributed by atoms with Gasteiger partial charge in [-0.15, -0.1) is 5.92 Å². The average molecular weight is 444 g/mol. The number of unbranched alkanes of at least 4 members (excludes halogenated alkanes) is 2. The van der Waals surface area contributed by atoms with E-state index in [9.17, 15) is 14.7 Å². The summed E-state index contributed by atoms with van der Waals surface area (Å²) in [6.07, 6.45) is 1.73. The van der Waals surface area contributed by atoms with E-state index in [2.05, 4.69) is 27.8 Å². The highest BCUT2D eigenvalue weighted by molar-refractivity contribution is 9.09. The van der Waals surface area contributed by atoms with E-state index in [0.717, 1.165) is 18.2 Å². The molecular weight excluding hydrogens is 414 g/mol.